The van der Waals surface area contributed by atoms with E-state index in [1.54, 1.807) is 7.11 Å². The molecule has 0 heterocycles. The van der Waals surface area contributed by atoms with Crippen LogP contribution in [0.1, 0.15) is 17.2 Å². The van der Waals surface area contributed by atoms with Gasteiger partial charge in [0.25, 0.3) is 0 Å². The molecule has 1 unspecified atom stereocenters. The Morgan fingerprint density at radius 2 is 2.05 bits per heavy atom. The molecule has 0 spiro atoms. The number of hydrazine groups is 1. The largest absolute Gasteiger partial charge is 0.497 e. The predicted molar refractivity (Wildman–Crippen MR) is 85.9 cm³/mol. The summed E-state index contributed by atoms with van der Waals surface area (Å²) in [4.78, 5) is 0. The number of hydrogen-bond acceptors (Lipinski definition) is 3. The first-order chi connectivity index (χ1) is 9.65. The molecule has 3 N–H and O–H groups in total. The molecule has 0 aromatic heterocycles. The minimum atomic E-state index is -0.0629. The maximum absolute atomic E-state index is 6.32. The normalized spacial score (nSPS) is 12.2. The van der Waals surface area contributed by atoms with E-state index in [0.29, 0.717) is 5.02 Å². The molecule has 2 rings (SSSR count). The lowest BCUT2D eigenvalue weighted by Crippen LogP contribution is -2.29. The van der Waals surface area contributed by atoms with Crippen LogP contribution < -0.4 is 16.0 Å². The minimum Gasteiger partial charge on any atom is -0.497 e. The number of benzene rings is 2. The molecule has 0 aliphatic heterocycles. The van der Waals surface area contributed by atoms with Crippen molar-refractivity contribution < 1.29 is 4.74 Å². The second-order valence-electron chi connectivity index (χ2n) is 4.42. The van der Waals surface area contributed by atoms with E-state index < -0.39 is 0 Å². The van der Waals surface area contributed by atoms with Crippen molar-refractivity contribution in [2.75, 3.05) is 7.11 Å². The van der Waals surface area contributed by atoms with Crippen molar-refractivity contribution >= 4 is 27.5 Å². The number of rotatable bonds is 5. The number of methoxy groups -OCH3 is 1. The maximum Gasteiger partial charge on any atom is 0.119 e. The third-order valence-corrected chi connectivity index (χ3v) is 4.44. The van der Waals surface area contributed by atoms with Crippen LogP contribution in [0.15, 0.2) is 46.9 Å². The molecule has 0 saturated heterocycles. The van der Waals surface area contributed by atoms with E-state index in [4.69, 9.17) is 22.2 Å². The summed E-state index contributed by atoms with van der Waals surface area (Å²) in [5, 5.41) is 0.679. The lowest BCUT2D eigenvalue weighted by atomic mass is 9.99. The lowest BCUT2D eigenvalue weighted by Gasteiger charge is -2.18. The van der Waals surface area contributed by atoms with Gasteiger partial charge in [0.1, 0.15) is 5.75 Å². The predicted octanol–water partition coefficient (Wildman–Crippen LogP) is 3.86. The van der Waals surface area contributed by atoms with Gasteiger partial charge >= 0.3 is 0 Å². The van der Waals surface area contributed by atoms with Crippen LogP contribution in [0.4, 0.5) is 0 Å². The molecule has 3 nitrogen and oxygen atoms in total. The van der Waals surface area contributed by atoms with E-state index >= 15 is 0 Å². The Bertz CT molecular complexity index is 592. The first-order valence-electron chi connectivity index (χ1n) is 6.18. The maximum atomic E-state index is 6.32. The molecule has 0 saturated carbocycles. The number of ether oxygens (including phenoxy) is 1. The Balaban J connectivity index is 2.26. The summed E-state index contributed by atoms with van der Waals surface area (Å²) in [6.45, 7) is 0. The number of nitrogens with two attached hydrogens (primary N) is 1. The Kier molecular flexibility index (Phi) is 5.43. The van der Waals surface area contributed by atoms with Crippen LogP contribution in [0.3, 0.4) is 0 Å². The topological polar surface area (TPSA) is 47.3 Å². The van der Waals surface area contributed by atoms with Crippen molar-refractivity contribution in [3.63, 3.8) is 0 Å². The second kappa shape index (κ2) is 7.09. The number of hydrogen-bond donors (Lipinski definition) is 2. The first kappa shape index (κ1) is 15.3. The summed E-state index contributed by atoms with van der Waals surface area (Å²) in [5.41, 5.74) is 4.92. The molecule has 0 fully saturated rings. The van der Waals surface area contributed by atoms with E-state index in [9.17, 15) is 0 Å². The van der Waals surface area contributed by atoms with Gasteiger partial charge in [-0.05, 0) is 51.7 Å². The summed E-state index contributed by atoms with van der Waals surface area (Å²) >= 11 is 9.76. The molecular formula is C15H16BrClN2O. The zero-order valence-electron chi connectivity index (χ0n) is 11.1. The van der Waals surface area contributed by atoms with Crippen LogP contribution in [0, 0.1) is 0 Å². The molecule has 1 atom stereocenters. The Hall–Kier alpha value is -1.07. The van der Waals surface area contributed by atoms with E-state index in [-0.39, 0.29) is 6.04 Å². The fourth-order valence-electron chi connectivity index (χ4n) is 2.08. The quantitative estimate of drug-likeness (QED) is 0.632. The molecule has 20 heavy (non-hydrogen) atoms. The monoisotopic (exact) mass is 354 g/mol. The third-order valence-electron chi connectivity index (χ3n) is 3.13. The van der Waals surface area contributed by atoms with E-state index in [2.05, 4.69) is 21.4 Å². The number of nitrogens with one attached hydrogen (secondary N) is 1. The summed E-state index contributed by atoms with van der Waals surface area (Å²) in [6, 6.07) is 13.7. The average molecular weight is 356 g/mol. The average Bonchev–Trinajstić information content (AvgIpc) is 2.48. The van der Waals surface area contributed by atoms with Gasteiger partial charge in [-0.3, -0.25) is 11.3 Å². The second-order valence-corrected chi connectivity index (χ2v) is 5.65. The van der Waals surface area contributed by atoms with Gasteiger partial charge in [0.15, 0.2) is 0 Å². The Morgan fingerprint density at radius 3 is 2.75 bits per heavy atom. The van der Waals surface area contributed by atoms with Crippen molar-refractivity contribution in [3.05, 3.63) is 63.1 Å². The molecule has 5 heteroatoms. The van der Waals surface area contributed by atoms with Crippen LogP contribution in [0.5, 0.6) is 5.75 Å². The highest BCUT2D eigenvalue weighted by Crippen LogP contribution is 2.31. The Morgan fingerprint density at radius 1 is 1.30 bits per heavy atom. The summed E-state index contributed by atoms with van der Waals surface area (Å²) in [7, 11) is 1.66. The number of halogens is 2. The molecular weight excluding hydrogens is 340 g/mol. The molecule has 2 aromatic rings. The highest BCUT2D eigenvalue weighted by atomic mass is 79.9. The van der Waals surface area contributed by atoms with Crippen LogP contribution in [-0.2, 0) is 6.42 Å². The standard InChI is InChI=1S/C15H16BrClN2O/c1-20-11-5-2-4-10(8-11)9-14(19-18)12-6-3-7-13(16)15(12)17/h2-8,14,19H,9,18H2,1H3. The van der Waals surface area contributed by atoms with Crippen molar-refractivity contribution in [2.24, 2.45) is 5.84 Å². The molecule has 0 bridgehead atoms. The molecule has 2 aromatic carbocycles. The summed E-state index contributed by atoms with van der Waals surface area (Å²) < 4.78 is 6.10. The fraction of sp³-hybridized carbons (Fsp3) is 0.200. The van der Waals surface area contributed by atoms with Crippen molar-refractivity contribution in [1.29, 1.82) is 0 Å². The fourth-order valence-corrected chi connectivity index (χ4v) is 2.72. The highest BCUT2D eigenvalue weighted by molar-refractivity contribution is 9.10. The van der Waals surface area contributed by atoms with Gasteiger partial charge < -0.3 is 4.74 Å². The highest BCUT2D eigenvalue weighted by Gasteiger charge is 2.15. The Labute approximate surface area is 132 Å². The zero-order valence-corrected chi connectivity index (χ0v) is 13.4. The van der Waals surface area contributed by atoms with Crippen LogP contribution in [0.2, 0.25) is 5.02 Å². The summed E-state index contributed by atoms with van der Waals surface area (Å²) in [6.07, 6.45) is 0.726. The van der Waals surface area contributed by atoms with Crippen molar-refractivity contribution in [3.8, 4) is 5.75 Å². The van der Waals surface area contributed by atoms with Gasteiger partial charge in [-0.1, -0.05) is 35.9 Å². The smallest absolute Gasteiger partial charge is 0.119 e. The van der Waals surface area contributed by atoms with Gasteiger partial charge in [-0.15, -0.1) is 0 Å². The molecule has 0 radical (unpaired) electrons. The SMILES string of the molecule is COc1cccc(CC(NN)c2cccc(Br)c2Cl)c1. The molecule has 0 amide bonds. The van der Waals surface area contributed by atoms with Gasteiger partial charge in [0.2, 0.25) is 0 Å². The van der Waals surface area contributed by atoms with E-state index in [0.717, 1.165) is 27.8 Å². The summed E-state index contributed by atoms with van der Waals surface area (Å²) in [5.74, 6) is 6.52. The van der Waals surface area contributed by atoms with Gasteiger partial charge in [0, 0.05) is 4.47 Å². The van der Waals surface area contributed by atoms with Crippen LogP contribution in [-0.4, -0.2) is 7.11 Å². The van der Waals surface area contributed by atoms with Gasteiger partial charge in [0.05, 0.1) is 18.2 Å². The zero-order chi connectivity index (χ0) is 14.5. The van der Waals surface area contributed by atoms with Crippen molar-refractivity contribution in [1.82, 2.24) is 5.43 Å². The van der Waals surface area contributed by atoms with Gasteiger partial charge in [-0.25, -0.2) is 0 Å². The third kappa shape index (κ3) is 3.52. The molecule has 0 aliphatic carbocycles. The lowest BCUT2D eigenvalue weighted by molar-refractivity contribution is 0.414. The van der Waals surface area contributed by atoms with E-state index in [1.165, 1.54) is 0 Å². The van der Waals surface area contributed by atoms with Gasteiger partial charge in [-0.2, -0.15) is 0 Å². The molecule has 0 aliphatic rings. The van der Waals surface area contributed by atoms with Crippen LogP contribution >= 0.6 is 27.5 Å². The van der Waals surface area contributed by atoms with E-state index in [1.807, 2.05) is 42.5 Å². The molecule has 106 valence electrons. The first-order valence-corrected chi connectivity index (χ1v) is 7.35. The van der Waals surface area contributed by atoms with Crippen LogP contribution in [0.25, 0.3) is 0 Å². The minimum absolute atomic E-state index is 0.0629. The van der Waals surface area contributed by atoms with Crippen molar-refractivity contribution in [2.45, 2.75) is 12.5 Å².